The molecule has 0 amide bonds. The van der Waals surface area contributed by atoms with Crippen LogP contribution in [0, 0.1) is 0 Å². The highest BCUT2D eigenvalue weighted by atomic mass is 16.5. The van der Waals surface area contributed by atoms with E-state index in [-0.39, 0.29) is 5.78 Å². The maximum Gasteiger partial charge on any atom is 0.152 e. The molecule has 0 aliphatic carbocycles. The Hall–Kier alpha value is -0.890. The van der Waals surface area contributed by atoms with Gasteiger partial charge in [-0.15, -0.1) is 0 Å². The first-order chi connectivity index (χ1) is 7.52. The molecular formula is C14H24O2. The number of hydrogen-bond acceptors (Lipinski definition) is 2. The van der Waals surface area contributed by atoms with Crippen LogP contribution in [-0.4, -0.2) is 18.5 Å². The summed E-state index contributed by atoms with van der Waals surface area (Å²) in [5.74, 6) is 0.117. The molecule has 16 heavy (non-hydrogen) atoms. The van der Waals surface area contributed by atoms with Crippen LogP contribution in [0.5, 0.6) is 0 Å². The number of ether oxygens (including phenoxy) is 1. The van der Waals surface area contributed by atoms with Gasteiger partial charge in [0.15, 0.2) is 5.78 Å². The van der Waals surface area contributed by atoms with Gasteiger partial charge in [0.05, 0.1) is 12.7 Å². The molecule has 0 radical (unpaired) electrons. The fraction of sp³-hybridized carbons (Fsp3) is 0.643. The number of carbonyl (C=O) groups excluding carboxylic acids is 1. The summed E-state index contributed by atoms with van der Waals surface area (Å²) < 4.78 is 5.47. The van der Waals surface area contributed by atoms with Crippen LogP contribution in [0.3, 0.4) is 0 Å². The Morgan fingerprint density at radius 1 is 1.25 bits per heavy atom. The molecular weight excluding hydrogens is 200 g/mol. The molecule has 0 unspecified atom stereocenters. The van der Waals surface area contributed by atoms with Crippen molar-refractivity contribution in [2.45, 2.75) is 53.1 Å². The van der Waals surface area contributed by atoms with Crippen LogP contribution in [0.25, 0.3) is 0 Å². The van der Waals surface area contributed by atoms with Crippen LogP contribution in [0.15, 0.2) is 23.8 Å². The summed E-state index contributed by atoms with van der Waals surface area (Å²) in [6.07, 6.45) is 9.01. The first kappa shape index (κ1) is 15.1. The Morgan fingerprint density at radius 3 is 2.50 bits per heavy atom. The van der Waals surface area contributed by atoms with Crippen LogP contribution in [0.2, 0.25) is 0 Å². The molecule has 0 N–H and O–H groups in total. The zero-order valence-corrected chi connectivity index (χ0v) is 11.0. The monoisotopic (exact) mass is 224 g/mol. The van der Waals surface area contributed by atoms with E-state index >= 15 is 0 Å². The predicted octanol–water partition coefficient (Wildman–Crippen LogP) is 3.67. The molecule has 0 atom stereocenters. The van der Waals surface area contributed by atoms with Crippen LogP contribution >= 0.6 is 0 Å². The molecule has 0 aromatic carbocycles. The minimum Gasteiger partial charge on any atom is -0.378 e. The van der Waals surface area contributed by atoms with Crippen LogP contribution in [0.4, 0.5) is 0 Å². The zero-order chi connectivity index (χ0) is 12.4. The van der Waals surface area contributed by atoms with Crippen LogP contribution in [-0.2, 0) is 9.53 Å². The summed E-state index contributed by atoms with van der Waals surface area (Å²) >= 11 is 0. The van der Waals surface area contributed by atoms with Crippen molar-refractivity contribution in [2.75, 3.05) is 6.61 Å². The van der Waals surface area contributed by atoms with Gasteiger partial charge in [0.1, 0.15) is 0 Å². The molecule has 0 saturated heterocycles. The second-order valence-electron chi connectivity index (χ2n) is 4.31. The van der Waals surface area contributed by atoms with Crippen molar-refractivity contribution in [1.29, 1.82) is 0 Å². The standard InChI is InChI=1S/C14H24O2/c1-12(2)16-11-10-13(3)8-6-5-7-9-14(4)15/h7-9,12H,5-6,10-11H2,1-4H3. The SMILES string of the molecule is CC(=O)C=CCCC=C(C)CCOC(C)C. The molecule has 0 heterocycles. The lowest BCUT2D eigenvalue weighted by Crippen LogP contribution is -2.03. The molecule has 2 nitrogen and oxygen atoms in total. The summed E-state index contributed by atoms with van der Waals surface area (Å²) in [6, 6.07) is 0. The normalized spacial score (nSPS) is 12.7. The molecule has 2 heteroatoms. The third-order valence-electron chi connectivity index (χ3n) is 2.13. The number of hydrogen-bond donors (Lipinski definition) is 0. The first-order valence-electron chi connectivity index (χ1n) is 5.96. The van der Waals surface area contributed by atoms with Gasteiger partial charge in [-0.1, -0.05) is 17.7 Å². The average Bonchev–Trinajstić information content (AvgIpc) is 2.16. The number of carbonyl (C=O) groups is 1. The summed E-state index contributed by atoms with van der Waals surface area (Å²) in [6.45, 7) is 8.58. The Morgan fingerprint density at radius 2 is 1.94 bits per heavy atom. The van der Waals surface area contributed by atoms with Crippen molar-refractivity contribution in [3.05, 3.63) is 23.8 Å². The number of unbranched alkanes of at least 4 members (excludes halogenated alkanes) is 1. The number of rotatable bonds is 8. The quantitative estimate of drug-likeness (QED) is 0.357. The van der Waals surface area contributed by atoms with Gasteiger partial charge >= 0.3 is 0 Å². The van der Waals surface area contributed by atoms with Crippen molar-refractivity contribution in [2.24, 2.45) is 0 Å². The van der Waals surface area contributed by atoms with Gasteiger partial charge in [-0.25, -0.2) is 0 Å². The van der Waals surface area contributed by atoms with E-state index in [1.807, 2.05) is 19.9 Å². The summed E-state index contributed by atoms with van der Waals surface area (Å²) in [4.78, 5) is 10.6. The lowest BCUT2D eigenvalue weighted by atomic mass is 10.1. The van der Waals surface area contributed by atoms with E-state index in [0.717, 1.165) is 25.9 Å². The summed E-state index contributed by atoms with van der Waals surface area (Å²) in [5.41, 5.74) is 1.36. The fourth-order valence-corrected chi connectivity index (χ4v) is 1.23. The van der Waals surface area contributed by atoms with Gasteiger partial charge in [0.2, 0.25) is 0 Å². The minimum absolute atomic E-state index is 0.117. The highest BCUT2D eigenvalue weighted by Crippen LogP contribution is 2.05. The predicted molar refractivity (Wildman–Crippen MR) is 68.5 cm³/mol. The van der Waals surface area contributed by atoms with Crippen molar-refractivity contribution in [3.8, 4) is 0 Å². The first-order valence-corrected chi connectivity index (χ1v) is 5.96. The van der Waals surface area contributed by atoms with Crippen molar-refractivity contribution < 1.29 is 9.53 Å². The Bertz CT molecular complexity index is 249. The molecule has 0 rings (SSSR count). The highest BCUT2D eigenvalue weighted by molar-refractivity contribution is 5.87. The summed E-state index contributed by atoms with van der Waals surface area (Å²) in [5, 5.41) is 0. The smallest absolute Gasteiger partial charge is 0.152 e. The third kappa shape index (κ3) is 11.2. The van der Waals surface area contributed by atoms with Crippen LogP contribution in [0.1, 0.15) is 47.0 Å². The molecule has 0 aliphatic rings. The lowest BCUT2D eigenvalue weighted by molar-refractivity contribution is -0.112. The molecule has 0 spiro atoms. The van der Waals surface area contributed by atoms with Crippen molar-refractivity contribution in [3.63, 3.8) is 0 Å². The van der Waals surface area contributed by atoms with E-state index in [4.69, 9.17) is 4.74 Å². The molecule has 0 aliphatic heterocycles. The van der Waals surface area contributed by atoms with E-state index in [9.17, 15) is 4.79 Å². The topological polar surface area (TPSA) is 26.3 Å². The van der Waals surface area contributed by atoms with Crippen molar-refractivity contribution in [1.82, 2.24) is 0 Å². The maximum absolute atomic E-state index is 10.6. The molecule has 0 fully saturated rings. The number of ketones is 1. The van der Waals surface area contributed by atoms with Gasteiger partial charge in [-0.3, -0.25) is 4.79 Å². The largest absolute Gasteiger partial charge is 0.378 e. The molecule has 0 bridgehead atoms. The van der Waals surface area contributed by atoms with Gasteiger partial charge in [0.25, 0.3) is 0 Å². The zero-order valence-electron chi connectivity index (χ0n) is 11.0. The Labute approximate surface area is 99.4 Å². The number of allylic oxidation sites excluding steroid dienone is 3. The molecule has 0 aromatic heterocycles. The van der Waals surface area contributed by atoms with Gasteiger partial charge in [-0.05, 0) is 53.0 Å². The Balaban J connectivity index is 3.58. The second-order valence-corrected chi connectivity index (χ2v) is 4.31. The second kappa shape index (κ2) is 9.34. The highest BCUT2D eigenvalue weighted by Gasteiger charge is 1.94. The minimum atomic E-state index is 0.117. The van der Waals surface area contributed by atoms with Crippen LogP contribution < -0.4 is 0 Å². The van der Waals surface area contributed by atoms with Crippen molar-refractivity contribution >= 4 is 5.78 Å². The van der Waals surface area contributed by atoms with Gasteiger partial charge in [-0.2, -0.15) is 0 Å². The Kier molecular flexibility index (Phi) is 8.82. The fourth-order valence-electron chi connectivity index (χ4n) is 1.23. The molecule has 0 aromatic rings. The van der Waals surface area contributed by atoms with E-state index in [0.29, 0.717) is 6.10 Å². The average molecular weight is 224 g/mol. The van der Waals surface area contributed by atoms with E-state index < -0.39 is 0 Å². The van der Waals surface area contributed by atoms with Gasteiger partial charge in [0, 0.05) is 0 Å². The van der Waals surface area contributed by atoms with E-state index in [2.05, 4.69) is 13.0 Å². The summed E-state index contributed by atoms with van der Waals surface area (Å²) in [7, 11) is 0. The molecule has 92 valence electrons. The van der Waals surface area contributed by atoms with Gasteiger partial charge < -0.3 is 4.74 Å². The molecule has 0 saturated carbocycles. The van der Waals surface area contributed by atoms with E-state index in [1.54, 1.807) is 13.0 Å². The third-order valence-corrected chi connectivity index (χ3v) is 2.13. The maximum atomic E-state index is 10.6. The van der Waals surface area contributed by atoms with E-state index in [1.165, 1.54) is 5.57 Å². The lowest BCUT2D eigenvalue weighted by Gasteiger charge is -2.07.